The molecule has 5 rings (SSSR count). The maximum atomic E-state index is 14.8. The fraction of sp³-hybridized carbons (Fsp3) is 0.480. The first kappa shape index (κ1) is 27.6. The highest BCUT2D eigenvalue weighted by Gasteiger charge is 2.51. The van der Waals surface area contributed by atoms with Gasteiger partial charge in [0.05, 0.1) is 32.0 Å². The molecule has 2 fully saturated rings. The van der Waals surface area contributed by atoms with E-state index in [-0.39, 0.29) is 37.0 Å². The molecule has 2 atom stereocenters. The standard InChI is InChI=1S/C25H29F3N8O4/c1-40-23-16(22(38)34-18-11-35(10-17(18)26)24(39)15-6-25(27,28)7-15)4-13(9-31-23)19-5-14(8-30-2-3-37)20-21(29)32-12-33-36(19)20/h4-5,9,12,15,17-18,30,37H,2-3,6-8,10-11H2,1H3,(H,34,38)(H2,29,32,33)/t17-,18+/m0/s1. The minimum absolute atomic E-state index is 0.000811. The zero-order chi connectivity index (χ0) is 28.6. The highest BCUT2D eigenvalue weighted by molar-refractivity contribution is 5.98. The van der Waals surface area contributed by atoms with Gasteiger partial charge in [0, 0.05) is 50.2 Å². The highest BCUT2D eigenvalue weighted by Crippen LogP contribution is 2.43. The summed E-state index contributed by atoms with van der Waals surface area (Å²) in [5.74, 6) is -4.67. The van der Waals surface area contributed by atoms with Crippen LogP contribution in [0.15, 0.2) is 24.7 Å². The number of carbonyl (C=O) groups excluding carboxylic acids is 2. The van der Waals surface area contributed by atoms with Crippen molar-refractivity contribution < 1.29 is 32.6 Å². The van der Waals surface area contributed by atoms with E-state index in [2.05, 4.69) is 25.7 Å². The van der Waals surface area contributed by atoms with E-state index in [0.717, 1.165) is 5.56 Å². The van der Waals surface area contributed by atoms with E-state index in [9.17, 15) is 22.8 Å². The molecular weight excluding hydrogens is 533 g/mol. The van der Waals surface area contributed by atoms with E-state index >= 15 is 0 Å². The number of ether oxygens (including phenoxy) is 1. The van der Waals surface area contributed by atoms with E-state index < -0.39 is 48.7 Å². The van der Waals surface area contributed by atoms with Crippen LogP contribution in [0.4, 0.5) is 19.0 Å². The number of nitrogens with zero attached hydrogens (tertiary/aromatic N) is 5. The van der Waals surface area contributed by atoms with Gasteiger partial charge < -0.3 is 31.1 Å². The summed E-state index contributed by atoms with van der Waals surface area (Å²) in [5, 5.41) is 19.1. The summed E-state index contributed by atoms with van der Waals surface area (Å²) < 4.78 is 48.1. The zero-order valence-corrected chi connectivity index (χ0v) is 21.6. The zero-order valence-electron chi connectivity index (χ0n) is 21.6. The maximum absolute atomic E-state index is 14.8. The van der Waals surface area contributed by atoms with Gasteiger partial charge in [0.2, 0.25) is 17.7 Å². The van der Waals surface area contributed by atoms with Crippen molar-refractivity contribution in [2.24, 2.45) is 5.92 Å². The first-order valence-corrected chi connectivity index (χ1v) is 12.7. The molecule has 2 aliphatic rings. The maximum Gasteiger partial charge on any atom is 0.257 e. The molecule has 1 saturated carbocycles. The average Bonchev–Trinajstić information content (AvgIpc) is 3.47. The molecule has 40 heavy (non-hydrogen) atoms. The van der Waals surface area contributed by atoms with Crippen LogP contribution in [0.3, 0.4) is 0 Å². The number of fused-ring (bicyclic) bond motifs is 1. The number of hydrogen-bond donors (Lipinski definition) is 4. The van der Waals surface area contributed by atoms with E-state index in [1.54, 1.807) is 10.6 Å². The topological polar surface area (TPSA) is 160 Å². The van der Waals surface area contributed by atoms with Crippen molar-refractivity contribution in [1.29, 1.82) is 0 Å². The third-order valence-electron chi connectivity index (χ3n) is 7.17. The van der Waals surface area contributed by atoms with Crippen molar-refractivity contribution in [3.8, 4) is 17.1 Å². The molecule has 0 spiro atoms. The van der Waals surface area contributed by atoms with Gasteiger partial charge in [-0.3, -0.25) is 9.59 Å². The van der Waals surface area contributed by atoms with Crippen LogP contribution in [0.1, 0.15) is 28.8 Å². The second-order valence-corrected chi connectivity index (χ2v) is 9.94. The summed E-state index contributed by atoms with van der Waals surface area (Å²) in [6, 6.07) is 2.29. The number of aliphatic hydroxyl groups excluding tert-OH is 1. The van der Waals surface area contributed by atoms with Crippen LogP contribution in [0.25, 0.3) is 16.8 Å². The molecular formula is C25H29F3N8O4. The molecule has 1 aliphatic carbocycles. The number of hydrogen-bond acceptors (Lipinski definition) is 9. The molecule has 5 N–H and O–H groups in total. The minimum atomic E-state index is -2.86. The van der Waals surface area contributed by atoms with Crippen molar-refractivity contribution in [2.45, 2.75) is 37.5 Å². The summed E-state index contributed by atoms with van der Waals surface area (Å²) >= 11 is 0. The van der Waals surface area contributed by atoms with Gasteiger partial charge in [-0.05, 0) is 17.7 Å². The number of nitrogens with two attached hydrogens (primary N) is 1. The van der Waals surface area contributed by atoms with Gasteiger partial charge in [-0.25, -0.2) is 27.7 Å². The molecule has 0 unspecified atom stereocenters. The molecule has 2 amide bonds. The van der Waals surface area contributed by atoms with Crippen LogP contribution in [0.5, 0.6) is 5.88 Å². The number of aliphatic hydroxyl groups is 1. The number of anilines is 1. The predicted molar refractivity (Wildman–Crippen MR) is 136 cm³/mol. The minimum Gasteiger partial charge on any atom is -0.480 e. The quantitative estimate of drug-likeness (QED) is 0.277. The van der Waals surface area contributed by atoms with Crippen LogP contribution in [0.2, 0.25) is 0 Å². The van der Waals surface area contributed by atoms with Gasteiger partial charge in [0.25, 0.3) is 5.91 Å². The Morgan fingerprint density at radius 1 is 1.25 bits per heavy atom. The summed E-state index contributed by atoms with van der Waals surface area (Å²) in [7, 11) is 1.34. The lowest BCUT2D eigenvalue weighted by Crippen LogP contribution is -2.47. The molecule has 0 aromatic carbocycles. The predicted octanol–water partition coefficient (Wildman–Crippen LogP) is 0.788. The Morgan fingerprint density at radius 2 is 2.02 bits per heavy atom. The van der Waals surface area contributed by atoms with Gasteiger partial charge in [-0.15, -0.1) is 0 Å². The van der Waals surface area contributed by atoms with Crippen LogP contribution < -0.4 is 21.1 Å². The van der Waals surface area contributed by atoms with Crippen LogP contribution in [-0.4, -0.2) is 92.9 Å². The molecule has 214 valence electrons. The smallest absolute Gasteiger partial charge is 0.257 e. The fourth-order valence-electron chi connectivity index (χ4n) is 5.13. The number of nitrogens with one attached hydrogen (secondary N) is 2. The third-order valence-corrected chi connectivity index (χ3v) is 7.17. The Labute approximate surface area is 226 Å². The van der Waals surface area contributed by atoms with Gasteiger partial charge in [0.15, 0.2) is 5.82 Å². The van der Waals surface area contributed by atoms with Crippen LogP contribution in [0, 0.1) is 5.92 Å². The monoisotopic (exact) mass is 562 g/mol. The number of rotatable bonds is 9. The summed E-state index contributed by atoms with van der Waals surface area (Å²) in [5.41, 5.74) is 8.46. The first-order valence-electron chi connectivity index (χ1n) is 12.7. The van der Waals surface area contributed by atoms with Crippen molar-refractivity contribution in [3.63, 3.8) is 0 Å². The molecule has 0 radical (unpaired) electrons. The lowest BCUT2D eigenvalue weighted by molar-refractivity contribution is -0.159. The Morgan fingerprint density at radius 3 is 2.73 bits per heavy atom. The largest absolute Gasteiger partial charge is 0.480 e. The normalized spacial score (nSPS) is 20.5. The number of carbonyl (C=O) groups is 2. The molecule has 1 aliphatic heterocycles. The third kappa shape index (κ3) is 5.25. The second kappa shape index (κ2) is 10.9. The Bertz CT molecular complexity index is 1430. The Hall–Kier alpha value is -3.98. The number of nitrogen functional groups attached to an aromatic ring is 1. The van der Waals surface area contributed by atoms with Crippen LogP contribution >= 0.6 is 0 Å². The Kier molecular flexibility index (Phi) is 7.51. The molecule has 3 aromatic rings. The number of alkyl halides is 3. The summed E-state index contributed by atoms with van der Waals surface area (Å²) in [6.45, 7) is 0.265. The van der Waals surface area contributed by atoms with Crippen molar-refractivity contribution in [1.82, 2.24) is 35.1 Å². The van der Waals surface area contributed by atoms with E-state index in [4.69, 9.17) is 15.6 Å². The van der Waals surface area contributed by atoms with Crippen LogP contribution in [-0.2, 0) is 11.3 Å². The number of amides is 2. The van der Waals surface area contributed by atoms with E-state index in [0.29, 0.717) is 29.9 Å². The summed E-state index contributed by atoms with van der Waals surface area (Å²) in [6.07, 6.45) is 0.120. The van der Waals surface area contributed by atoms with Gasteiger partial charge in [0.1, 0.15) is 23.6 Å². The summed E-state index contributed by atoms with van der Waals surface area (Å²) in [4.78, 5) is 35.3. The molecule has 0 bridgehead atoms. The first-order chi connectivity index (χ1) is 19.1. The molecule has 4 heterocycles. The van der Waals surface area contributed by atoms with Gasteiger partial charge in [-0.1, -0.05) is 0 Å². The van der Waals surface area contributed by atoms with Crippen molar-refractivity contribution >= 4 is 23.1 Å². The fourth-order valence-corrected chi connectivity index (χ4v) is 5.13. The number of pyridine rings is 1. The number of likely N-dealkylation sites (tertiary alicyclic amines) is 1. The van der Waals surface area contributed by atoms with Crippen molar-refractivity contribution in [2.75, 3.05) is 39.1 Å². The number of halogens is 3. The lowest BCUT2D eigenvalue weighted by atomic mass is 9.80. The van der Waals surface area contributed by atoms with E-state index in [1.165, 1.54) is 30.6 Å². The molecule has 15 heteroatoms. The second-order valence-electron chi connectivity index (χ2n) is 9.94. The average molecular weight is 563 g/mol. The lowest BCUT2D eigenvalue weighted by Gasteiger charge is -2.36. The highest BCUT2D eigenvalue weighted by atomic mass is 19.3. The van der Waals surface area contributed by atoms with Gasteiger partial charge >= 0.3 is 0 Å². The number of methoxy groups -OCH3 is 1. The van der Waals surface area contributed by atoms with Crippen molar-refractivity contribution in [3.05, 3.63) is 35.8 Å². The Balaban J connectivity index is 1.38. The molecule has 12 nitrogen and oxygen atoms in total. The van der Waals surface area contributed by atoms with Gasteiger partial charge in [-0.2, -0.15) is 5.10 Å². The van der Waals surface area contributed by atoms with E-state index in [1.807, 2.05) is 0 Å². The molecule has 3 aromatic heterocycles. The molecule has 1 saturated heterocycles. The number of aromatic nitrogens is 4. The SMILES string of the molecule is COc1ncc(-c2cc(CNCCO)c3c(N)ncnn23)cc1C(=O)N[C@@H]1CN(C(=O)C2CC(F)(F)C2)C[C@@H]1F.